The Labute approximate surface area is 206 Å². The summed E-state index contributed by atoms with van der Waals surface area (Å²) in [5, 5.41) is 7.91. The minimum atomic E-state index is -4.53. The third-order valence-electron chi connectivity index (χ3n) is 5.65. The fourth-order valence-electron chi connectivity index (χ4n) is 4.02. The molecule has 36 heavy (non-hydrogen) atoms. The number of hydrogen-bond acceptors (Lipinski definition) is 3. The SMILES string of the molecule is Cc1cc(C(=O)Nc2ccc(-c3ccccc3C(F)(F)F)c(Cn3cccc3)c2)ccc1S(N)(=O)=O. The lowest BCUT2D eigenvalue weighted by Crippen LogP contribution is -2.16. The van der Waals surface area contributed by atoms with Gasteiger partial charge >= 0.3 is 6.18 Å². The van der Waals surface area contributed by atoms with Crippen LogP contribution in [0.1, 0.15) is 27.0 Å². The van der Waals surface area contributed by atoms with Gasteiger partial charge in [0.25, 0.3) is 5.91 Å². The standard InChI is InChI=1S/C26H22F3N3O3S/c1-17-14-18(8-11-24(17)36(30,34)35)25(33)31-20-9-10-21(19(15-20)16-32-12-4-5-13-32)22-6-2-3-7-23(22)26(27,28)29/h2-15H,16H2,1H3,(H,31,33)(H2,30,34,35). The van der Waals surface area contributed by atoms with Crippen molar-refractivity contribution in [1.29, 1.82) is 0 Å². The summed E-state index contributed by atoms with van der Waals surface area (Å²) < 4.78 is 66.2. The van der Waals surface area contributed by atoms with E-state index >= 15 is 0 Å². The first-order valence-corrected chi connectivity index (χ1v) is 12.3. The lowest BCUT2D eigenvalue weighted by Gasteiger charge is -2.18. The third-order valence-corrected chi connectivity index (χ3v) is 6.72. The van der Waals surface area contributed by atoms with Gasteiger partial charge in [0.05, 0.1) is 10.5 Å². The number of amides is 1. The maximum Gasteiger partial charge on any atom is 0.417 e. The van der Waals surface area contributed by atoms with E-state index in [0.717, 1.165) is 6.07 Å². The number of alkyl halides is 3. The van der Waals surface area contributed by atoms with Crippen LogP contribution in [-0.4, -0.2) is 18.9 Å². The van der Waals surface area contributed by atoms with E-state index in [2.05, 4.69) is 5.32 Å². The van der Waals surface area contributed by atoms with Crippen molar-refractivity contribution < 1.29 is 26.4 Å². The molecular formula is C26H22F3N3O3S. The number of carbonyl (C=O) groups excluding carboxylic acids is 1. The van der Waals surface area contributed by atoms with Gasteiger partial charge < -0.3 is 9.88 Å². The lowest BCUT2D eigenvalue weighted by atomic mass is 9.94. The molecule has 1 aromatic heterocycles. The number of hydrogen-bond donors (Lipinski definition) is 2. The second kappa shape index (κ2) is 9.63. The topological polar surface area (TPSA) is 94.2 Å². The molecule has 0 spiro atoms. The van der Waals surface area contributed by atoms with Crippen molar-refractivity contribution in [3.05, 3.63) is 107 Å². The quantitative estimate of drug-likeness (QED) is 0.360. The molecule has 6 nitrogen and oxygen atoms in total. The normalized spacial score (nSPS) is 11.9. The number of halogens is 3. The highest BCUT2D eigenvalue weighted by Crippen LogP contribution is 2.39. The molecule has 0 radical (unpaired) electrons. The summed E-state index contributed by atoms with van der Waals surface area (Å²) in [6.45, 7) is 1.80. The summed E-state index contributed by atoms with van der Waals surface area (Å²) in [7, 11) is -3.92. The molecule has 3 N–H and O–H groups in total. The van der Waals surface area contributed by atoms with E-state index in [1.165, 1.54) is 43.3 Å². The summed E-state index contributed by atoms with van der Waals surface area (Å²) in [6.07, 6.45) is -0.948. The molecule has 186 valence electrons. The number of aryl methyl sites for hydroxylation is 1. The molecule has 4 aromatic rings. The number of nitrogens with two attached hydrogens (primary N) is 1. The first-order valence-electron chi connectivity index (χ1n) is 10.8. The Morgan fingerprint density at radius 3 is 2.28 bits per heavy atom. The molecule has 1 amide bonds. The van der Waals surface area contributed by atoms with E-state index in [9.17, 15) is 26.4 Å². The number of benzene rings is 3. The van der Waals surface area contributed by atoms with Crippen molar-refractivity contribution in [3.63, 3.8) is 0 Å². The molecule has 0 atom stereocenters. The average molecular weight is 514 g/mol. The highest BCUT2D eigenvalue weighted by atomic mass is 32.2. The number of sulfonamides is 1. The molecule has 4 rings (SSSR count). The van der Waals surface area contributed by atoms with Crippen LogP contribution in [0.25, 0.3) is 11.1 Å². The van der Waals surface area contributed by atoms with Gasteiger partial charge in [0.1, 0.15) is 0 Å². The summed E-state index contributed by atoms with van der Waals surface area (Å²) in [5.74, 6) is -0.505. The van der Waals surface area contributed by atoms with E-state index in [1.54, 1.807) is 30.6 Å². The highest BCUT2D eigenvalue weighted by molar-refractivity contribution is 7.89. The molecule has 0 aliphatic carbocycles. The Bertz CT molecular complexity index is 1530. The Morgan fingerprint density at radius 2 is 1.64 bits per heavy atom. The van der Waals surface area contributed by atoms with Crippen molar-refractivity contribution in [2.45, 2.75) is 24.5 Å². The molecule has 0 saturated heterocycles. The van der Waals surface area contributed by atoms with Crippen LogP contribution in [0.5, 0.6) is 0 Å². The van der Waals surface area contributed by atoms with Gasteiger partial charge in [-0.05, 0) is 77.7 Å². The van der Waals surface area contributed by atoms with Gasteiger partial charge in [-0.25, -0.2) is 13.6 Å². The van der Waals surface area contributed by atoms with Gasteiger partial charge in [-0.15, -0.1) is 0 Å². The van der Waals surface area contributed by atoms with Crippen LogP contribution in [0.4, 0.5) is 18.9 Å². The molecule has 1 heterocycles. The number of anilines is 1. The van der Waals surface area contributed by atoms with Crippen molar-refractivity contribution in [2.75, 3.05) is 5.32 Å². The number of nitrogens with zero attached hydrogens (tertiary/aromatic N) is 1. The number of aromatic nitrogens is 1. The molecule has 0 aliphatic heterocycles. The van der Waals surface area contributed by atoms with Crippen LogP contribution < -0.4 is 10.5 Å². The predicted octanol–water partition coefficient (Wildman–Crippen LogP) is 5.43. The summed E-state index contributed by atoms with van der Waals surface area (Å²) in [6, 6.07) is 17.7. The first kappa shape index (κ1) is 25.2. The summed E-state index contributed by atoms with van der Waals surface area (Å²) in [5.41, 5.74) is 1.16. The van der Waals surface area contributed by atoms with Gasteiger partial charge in [0, 0.05) is 30.2 Å². The number of rotatable bonds is 6. The molecule has 0 saturated carbocycles. The van der Waals surface area contributed by atoms with Crippen LogP contribution >= 0.6 is 0 Å². The van der Waals surface area contributed by atoms with Gasteiger partial charge in [-0.2, -0.15) is 13.2 Å². The fourth-order valence-corrected chi connectivity index (χ4v) is 4.78. The lowest BCUT2D eigenvalue weighted by molar-refractivity contribution is -0.137. The third kappa shape index (κ3) is 5.50. The van der Waals surface area contributed by atoms with Gasteiger partial charge in [-0.1, -0.05) is 24.3 Å². The van der Waals surface area contributed by atoms with Crippen molar-refractivity contribution >= 4 is 21.6 Å². The van der Waals surface area contributed by atoms with E-state index in [-0.39, 0.29) is 22.6 Å². The second-order valence-corrected chi connectivity index (χ2v) is 9.78. The van der Waals surface area contributed by atoms with Crippen LogP contribution in [0.3, 0.4) is 0 Å². The van der Waals surface area contributed by atoms with E-state index in [1.807, 2.05) is 16.7 Å². The Hall–Kier alpha value is -3.89. The van der Waals surface area contributed by atoms with Crippen LogP contribution in [0.15, 0.2) is 90.1 Å². The predicted molar refractivity (Wildman–Crippen MR) is 131 cm³/mol. The largest absolute Gasteiger partial charge is 0.417 e. The highest BCUT2D eigenvalue weighted by Gasteiger charge is 2.33. The molecular weight excluding hydrogens is 491 g/mol. The minimum absolute atomic E-state index is 0.0410. The monoisotopic (exact) mass is 513 g/mol. The number of nitrogens with one attached hydrogen (secondary N) is 1. The summed E-state index contributed by atoms with van der Waals surface area (Å²) in [4.78, 5) is 12.8. The average Bonchev–Trinajstić information content (AvgIpc) is 3.31. The summed E-state index contributed by atoms with van der Waals surface area (Å²) >= 11 is 0. The molecule has 0 aliphatic rings. The molecule has 0 unspecified atom stereocenters. The zero-order valence-electron chi connectivity index (χ0n) is 19.1. The maximum absolute atomic E-state index is 13.7. The molecule has 10 heteroatoms. The zero-order chi connectivity index (χ0) is 26.1. The zero-order valence-corrected chi connectivity index (χ0v) is 19.9. The number of primary sulfonamides is 1. The second-order valence-electron chi connectivity index (χ2n) is 8.25. The van der Waals surface area contributed by atoms with Gasteiger partial charge in [0.2, 0.25) is 10.0 Å². The maximum atomic E-state index is 13.7. The van der Waals surface area contributed by atoms with E-state index in [4.69, 9.17) is 5.14 Å². The molecule has 3 aromatic carbocycles. The smallest absolute Gasteiger partial charge is 0.350 e. The molecule has 0 fully saturated rings. The van der Waals surface area contributed by atoms with Crippen molar-refractivity contribution in [3.8, 4) is 11.1 Å². The van der Waals surface area contributed by atoms with Crippen LogP contribution in [0, 0.1) is 6.92 Å². The van der Waals surface area contributed by atoms with Gasteiger partial charge in [-0.3, -0.25) is 4.79 Å². The number of carbonyl (C=O) groups is 1. The van der Waals surface area contributed by atoms with E-state index < -0.39 is 27.7 Å². The van der Waals surface area contributed by atoms with Crippen molar-refractivity contribution in [2.24, 2.45) is 5.14 Å². The minimum Gasteiger partial charge on any atom is -0.350 e. The van der Waals surface area contributed by atoms with Crippen molar-refractivity contribution in [1.82, 2.24) is 4.57 Å². The molecule has 0 bridgehead atoms. The Kier molecular flexibility index (Phi) is 6.75. The van der Waals surface area contributed by atoms with Crippen LogP contribution in [-0.2, 0) is 22.7 Å². The first-order chi connectivity index (χ1) is 16.9. The van der Waals surface area contributed by atoms with Crippen LogP contribution in [0.2, 0.25) is 0 Å². The Morgan fingerprint density at radius 1 is 0.944 bits per heavy atom. The van der Waals surface area contributed by atoms with Gasteiger partial charge in [0.15, 0.2) is 0 Å². The Balaban J connectivity index is 1.71. The van der Waals surface area contributed by atoms with E-state index in [0.29, 0.717) is 22.4 Å². The fraction of sp³-hybridized carbons (Fsp3) is 0.115.